The van der Waals surface area contributed by atoms with Crippen LogP contribution in [0.2, 0.25) is 0 Å². The molecule has 2 atom stereocenters. The van der Waals surface area contributed by atoms with E-state index in [-0.39, 0.29) is 0 Å². The molecule has 2 fully saturated rings. The number of nitrogens with zero attached hydrogens (tertiary/aromatic N) is 1. The van der Waals surface area contributed by atoms with E-state index in [1.807, 2.05) is 0 Å². The van der Waals surface area contributed by atoms with Crippen molar-refractivity contribution >= 4 is 0 Å². The summed E-state index contributed by atoms with van der Waals surface area (Å²) < 4.78 is 5.82. The maximum Gasteiger partial charge on any atom is 0.0565 e. The van der Waals surface area contributed by atoms with Crippen LogP contribution in [0.1, 0.15) is 60.3 Å². The highest BCUT2D eigenvalue weighted by Gasteiger charge is 2.30. The fraction of sp³-hybridized carbons (Fsp3) is 1.00. The molecule has 2 unspecified atom stereocenters. The van der Waals surface area contributed by atoms with Gasteiger partial charge >= 0.3 is 0 Å². The van der Waals surface area contributed by atoms with Gasteiger partial charge in [-0.2, -0.15) is 0 Å². The molecule has 0 spiro atoms. The standard InChI is InChI=1S/C16H32N2O/c1-12-10-15(11-13(2)19-12)17-14-6-8-18(9-7-14)16(3,4)5/h12-15,17H,6-11H2,1-5H3. The Hall–Kier alpha value is -0.120. The second-order valence-electron chi connectivity index (χ2n) is 7.52. The Labute approximate surface area is 119 Å². The molecule has 0 aromatic rings. The van der Waals surface area contributed by atoms with E-state index in [4.69, 9.17) is 4.74 Å². The van der Waals surface area contributed by atoms with E-state index in [2.05, 4.69) is 44.8 Å². The third-order valence-electron chi connectivity index (χ3n) is 4.61. The van der Waals surface area contributed by atoms with Gasteiger partial charge in [0.15, 0.2) is 0 Å². The first kappa shape index (κ1) is 15.3. The van der Waals surface area contributed by atoms with Crippen LogP contribution in [0.4, 0.5) is 0 Å². The van der Waals surface area contributed by atoms with E-state index < -0.39 is 0 Å². The molecule has 0 radical (unpaired) electrons. The Bertz CT molecular complexity index is 269. The zero-order valence-corrected chi connectivity index (χ0v) is 13.4. The zero-order valence-electron chi connectivity index (χ0n) is 13.4. The van der Waals surface area contributed by atoms with Gasteiger partial charge in [0.1, 0.15) is 0 Å². The van der Waals surface area contributed by atoms with Gasteiger partial charge in [-0.25, -0.2) is 0 Å². The average Bonchev–Trinajstić information content (AvgIpc) is 2.26. The summed E-state index contributed by atoms with van der Waals surface area (Å²) in [6, 6.07) is 1.37. The second-order valence-corrected chi connectivity index (χ2v) is 7.52. The third-order valence-corrected chi connectivity index (χ3v) is 4.61. The van der Waals surface area contributed by atoms with E-state index in [0.717, 1.165) is 0 Å². The summed E-state index contributed by atoms with van der Waals surface area (Å²) >= 11 is 0. The number of hydrogen-bond acceptors (Lipinski definition) is 3. The minimum absolute atomic E-state index is 0.326. The lowest BCUT2D eigenvalue weighted by Gasteiger charge is -2.42. The summed E-state index contributed by atoms with van der Waals surface area (Å²) in [4.78, 5) is 2.61. The lowest BCUT2D eigenvalue weighted by atomic mass is 9.94. The monoisotopic (exact) mass is 268 g/mol. The molecule has 3 nitrogen and oxygen atoms in total. The molecule has 1 N–H and O–H groups in total. The molecule has 2 aliphatic rings. The fourth-order valence-electron chi connectivity index (χ4n) is 3.59. The van der Waals surface area contributed by atoms with Gasteiger partial charge in [0, 0.05) is 30.7 Å². The van der Waals surface area contributed by atoms with Gasteiger partial charge in [0.2, 0.25) is 0 Å². The molecule has 0 saturated carbocycles. The van der Waals surface area contributed by atoms with Gasteiger partial charge in [0.25, 0.3) is 0 Å². The van der Waals surface area contributed by atoms with Gasteiger partial charge in [-0.3, -0.25) is 4.90 Å². The third kappa shape index (κ3) is 4.44. The number of likely N-dealkylation sites (tertiary alicyclic amines) is 1. The largest absolute Gasteiger partial charge is 0.375 e. The van der Waals surface area contributed by atoms with Crippen LogP contribution >= 0.6 is 0 Å². The quantitative estimate of drug-likeness (QED) is 0.833. The van der Waals surface area contributed by atoms with Gasteiger partial charge in [-0.1, -0.05) is 0 Å². The number of ether oxygens (including phenoxy) is 1. The van der Waals surface area contributed by atoms with E-state index in [1.54, 1.807) is 0 Å². The number of piperidine rings is 1. The van der Waals surface area contributed by atoms with Gasteiger partial charge < -0.3 is 10.1 Å². The van der Waals surface area contributed by atoms with Crippen molar-refractivity contribution in [3.8, 4) is 0 Å². The molecular weight excluding hydrogens is 236 g/mol. The van der Waals surface area contributed by atoms with Crippen molar-refractivity contribution in [1.29, 1.82) is 0 Å². The number of hydrogen-bond donors (Lipinski definition) is 1. The Morgan fingerprint density at radius 3 is 1.95 bits per heavy atom. The normalized spacial score (nSPS) is 35.5. The predicted molar refractivity (Wildman–Crippen MR) is 80.5 cm³/mol. The first-order valence-corrected chi connectivity index (χ1v) is 8.01. The lowest BCUT2D eigenvalue weighted by molar-refractivity contribution is -0.0450. The van der Waals surface area contributed by atoms with Crippen LogP contribution in [0.5, 0.6) is 0 Å². The summed E-state index contributed by atoms with van der Waals surface area (Å²) in [5.74, 6) is 0. The summed E-state index contributed by atoms with van der Waals surface area (Å²) in [5, 5.41) is 3.88. The van der Waals surface area contributed by atoms with Crippen molar-refractivity contribution in [3.05, 3.63) is 0 Å². The van der Waals surface area contributed by atoms with E-state index in [0.29, 0.717) is 29.8 Å². The Balaban J connectivity index is 1.76. The molecule has 2 aliphatic heterocycles. The predicted octanol–water partition coefficient (Wildman–Crippen LogP) is 2.79. The molecule has 2 heterocycles. The zero-order chi connectivity index (χ0) is 14.0. The van der Waals surface area contributed by atoms with Crippen LogP contribution in [0.15, 0.2) is 0 Å². The molecule has 112 valence electrons. The maximum atomic E-state index is 5.82. The highest BCUT2D eigenvalue weighted by molar-refractivity contribution is 4.87. The topological polar surface area (TPSA) is 24.5 Å². The molecule has 0 bridgehead atoms. The molecule has 2 rings (SSSR count). The molecule has 2 saturated heterocycles. The highest BCUT2D eigenvalue weighted by Crippen LogP contribution is 2.23. The van der Waals surface area contributed by atoms with Crippen LogP contribution in [0, 0.1) is 0 Å². The molecular formula is C16H32N2O. The number of nitrogens with one attached hydrogen (secondary N) is 1. The molecule has 3 heteroatoms. The first-order chi connectivity index (χ1) is 8.84. The Morgan fingerprint density at radius 1 is 0.947 bits per heavy atom. The van der Waals surface area contributed by atoms with Crippen molar-refractivity contribution in [1.82, 2.24) is 10.2 Å². The van der Waals surface area contributed by atoms with E-state index in [1.165, 1.54) is 38.8 Å². The van der Waals surface area contributed by atoms with Gasteiger partial charge in [-0.05, 0) is 60.3 Å². The molecule has 19 heavy (non-hydrogen) atoms. The van der Waals surface area contributed by atoms with Crippen LogP contribution in [-0.2, 0) is 4.74 Å². The molecule has 0 aromatic carbocycles. The minimum atomic E-state index is 0.326. The van der Waals surface area contributed by atoms with Crippen molar-refractivity contribution in [2.75, 3.05) is 13.1 Å². The van der Waals surface area contributed by atoms with Crippen LogP contribution in [0.25, 0.3) is 0 Å². The fourth-order valence-corrected chi connectivity index (χ4v) is 3.59. The summed E-state index contributed by atoms with van der Waals surface area (Å²) in [6.07, 6.45) is 5.74. The SMILES string of the molecule is CC1CC(NC2CCN(C(C)(C)C)CC2)CC(C)O1. The van der Waals surface area contributed by atoms with E-state index in [9.17, 15) is 0 Å². The minimum Gasteiger partial charge on any atom is -0.375 e. The Morgan fingerprint density at radius 2 is 1.47 bits per heavy atom. The van der Waals surface area contributed by atoms with Crippen LogP contribution < -0.4 is 5.32 Å². The maximum absolute atomic E-state index is 5.82. The van der Waals surface area contributed by atoms with Crippen molar-refractivity contribution < 1.29 is 4.74 Å². The second kappa shape index (κ2) is 6.11. The molecule has 0 aliphatic carbocycles. The summed E-state index contributed by atoms with van der Waals surface area (Å²) in [5.41, 5.74) is 0.326. The summed E-state index contributed by atoms with van der Waals surface area (Å²) in [7, 11) is 0. The van der Waals surface area contributed by atoms with E-state index >= 15 is 0 Å². The van der Waals surface area contributed by atoms with Crippen molar-refractivity contribution in [2.24, 2.45) is 0 Å². The van der Waals surface area contributed by atoms with Gasteiger partial charge in [0.05, 0.1) is 12.2 Å². The van der Waals surface area contributed by atoms with Crippen molar-refractivity contribution in [2.45, 2.75) is 90.1 Å². The smallest absolute Gasteiger partial charge is 0.0565 e. The number of rotatable bonds is 2. The highest BCUT2D eigenvalue weighted by atomic mass is 16.5. The Kier molecular flexibility index (Phi) is 4.91. The lowest BCUT2D eigenvalue weighted by Crippen LogP contribution is -2.53. The first-order valence-electron chi connectivity index (χ1n) is 8.01. The summed E-state index contributed by atoms with van der Waals surface area (Å²) in [6.45, 7) is 13.8. The average molecular weight is 268 g/mol. The van der Waals surface area contributed by atoms with Crippen LogP contribution in [0.3, 0.4) is 0 Å². The molecule has 0 amide bonds. The molecule has 0 aromatic heterocycles. The van der Waals surface area contributed by atoms with Crippen LogP contribution in [-0.4, -0.2) is 47.8 Å². The van der Waals surface area contributed by atoms with Gasteiger partial charge in [-0.15, -0.1) is 0 Å². The van der Waals surface area contributed by atoms with Crippen molar-refractivity contribution in [3.63, 3.8) is 0 Å².